The van der Waals surface area contributed by atoms with Crippen molar-refractivity contribution < 1.29 is 14.8 Å². The molecule has 5 heteroatoms. The molecule has 3 N–H and O–H groups in total. The van der Waals surface area contributed by atoms with Crippen LogP contribution >= 0.6 is 11.6 Å². The quantitative estimate of drug-likeness (QED) is 0.685. The zero-order valence-corrected chi connectivity index (χ0v) is 15.0. The molecule has 0 aliphatic carbocycles. The lowest BCUT2D eigenvalue weighted by atomic mass is 10.0. The molecule has 4 nitrogen and oxygen atoms in total. The molecule has 0 fully saturated rings. The number of phenols is 1. The van der Waals surface area contributed by atoms with E-state index in [0.717, 1.165) is 27.1 Å². The number of halogens is 1. The van der Waals surface area contributed by atoms with Crippen molar-refractivity contribution in [2.75, 3.05) is 0 Å². The van der Waals surface area contributed by atoms with Gasteiger partial charge in [-0.25, -0.2) is 4.79 Å². The molecule has 1 atom stereocenters. The Labute approximate surface area is 151 Å². The van der Waals surface area contributed by atoms with Crippen molar-refractivity contribution in [1.29, 1.82) is 0 Å². The van der Waals surface area contributed by atoms with Gasteiger partial charge in [0.15, 0.2) is 0 Å². The maximum atomic E-state index is 11.9. The average molecular weight is 359 g/mol. The van der Waals surface area contributed by atoms with E-state index in [2.05, 4.69) is 12.2 Å². The first-order valence-corrected chi connectivity index (χ1v) is 8.73. The van der Waals surface area contributed by atoms with Crippen LogP contribution in [0.2, 0.25) is 5.02 Å². The number of hydrogen-bond acceptors (Lipinski definition) is 3. The van der Waals surface area contributed by atoms with E-state index in [4.69, 9.17) is 16.0 Å². The van der Waals surface area contributed by atoms with Crippen LogP contribution in [0.3, 0.4) is 0 Å². The number of aryl methyl sites for hydroxylation is 1. The Balaban J connectivity index is 1.93. The molecule has 3 rings (SSSR count). The first-order valence-electron chi connectivity index (χ1n) is 8.36. The average Bonchev–Trinajstić information content (AvgIpc) is 2.59. The fraction of sp³-hybridized carbons (Fsp3) is 0.250. The zero-order valence-electron chi connectivity index (χ0n) is 14.3. The van der Waals surface area contributed by atoms with Gasteiger partial charge in [-0.1, -0.05) is 36.7 Å². The SMILES string of the molecule is CCc1cc2c(C[NH2+][C@@H](C)c3ccccc3Cl)cc(=O)oc2cc1O. The van der Waals surface area contributed by atoms with Crippen LogP contribution in [0.25, 0.3) is 11.0 Å². The maximum absolute atomic E-state index is 11.9. The summed E-state index contributed by atoms with van der Waals surface area (Å²) in [4.78, 5) is 11.9. The number of fused-ring (bicyclic) bond motifs is 1. The first-order chi connectivity index (χ1) is 12.0. The fourth-order valence-electron chi connectivity index (χ4n) is 3.03. The minimum Gasteiger partial charge on any atom is -0.508 e. The highest BCUT2D eigenvalue weighted by molar-refractivity contribution is 6.31. The Morgan fingerprint density at radius 1 is 1.20 bits per heavy atom. The summed E-state index contributed by atoms with van der Waals surface area (Å²) in [5, 5.41) is 13.7. The highest BCUT2D eigenvalue weighted by Crippen LogP contribution is 2.27. The monoisotopic (exact) mass is 358 g/mol. The third-order valence-electron chi connectivity index (χ3n) is 4.50. The Morgan fingerprint density at radius 2 is 1.96 bits per heavy atom. The lowest BCUT2D eigenvalue weighted by Gasteiger charge is -2.14. The van der Waals surface area contributed by atoms with E-state index >= 15 is 0 Å². The molecular weight excluding hydrogens is 338 g/mol. The van der Waals surface area contributed by atoms with Gasteiger partial charge in [-0.15, -0.1) is 0 Å². The third kappa shape index (κ3) is 3.70. The second kappa shape index (κ2) is 7.30. The smallest absolute Gasteiger partial charge is 0.336 e. The van der Waals surface area contributed by atoms with Gasteiger partial charge < -0.3 is 14.8 Å². The van der Waals surface area contributed by atoms with Crippen LogP contribution < -0.4 is 10.9 Å². The van der Waals surface area contributed by atoms with Gasteiger partial charge >= 0.3 is 5.63 Å². The number of quaternary nitrogens is 1. The molecule has 1 aromatic heterocycles. The van der Waals surface area contributed by atoms with E-state index in [0.29, 0.717) is 18.5 Å². The topological polar surface area (TPSA) is 67.0 Å². The van der Waals surface area contributed by atoms with E-state index in [1.165, 1.54) is 12.1 Å². The summed E-state index contributed by atoms with van der Waals surface area (Å²) in [6.07, 6.45) is 0.708. The van der Waals surface area contributed by atoms with Crippen molar-refractivity contribution in [2.24, 2.45) is 0 Å². The fourth-order valence-corrected chi connectivity index (χ4v) is 3.34. The van der Waals surface area contributed by atoms with Crippen molar-refractivity contribution in [2.45, 2.75) is 32.9 Å². The van der Waals surface area contributed by atoms with Gasteiger partial charge in [0.05, 0.1) is 0 Å². The molecule has 0 aliphatic rings. The second-order valence-electron chi connectivity index (χ2n) is 6.17. The standard InChI is InChI=1S/C20H20ClNO3/c1-3-13-8-16-14(9-20(24)25-19(16)10-18(13)23)11-22-12(2)15-6-4-5-7-17(15)21/h4-10,12,22-23H,3,11H2,1-2H3/p+1/t12-/m0/s1. The van der Waals surface area contributed by atoms with Crippen LogP contribution in [0, 0.1) is 0 Å². The van der Waals surface area contributed by atoms with E-state index in [1.807, 2.05) is 37.3 Å². The van der Waals surface area contributed by atoms with E-state index in [-0.39, 0.29) is 11.8 Å². The summed E-state index contributed by atoms with van der Waals surface area (Å²) in [5.74, 6) is 0.156. The summed E-state index contributed by atoms with van der Waals surface area (Å²) in [6.45, 7) is 4.67. The number of aromatic hydroxyl groups is 1. The van der Waals surface area contributed by atoms with Gasteiger partial charge in [0.25, 0.3) is 0 Å². The Hall–Kier alpha value is -2.30. The highest BCUT2D eigenvalue weighted by Gasteiger charge is 2.15. The van der Waals surface area contributed by atoms with Crippen molar-refractivity contribution in [3.8, 4) is 5.75 Å². The van der Waals surface area contributed by atoms with Gasteiger partial charge in [0.1, 0.15) is 23.9 Å². The zero-order chi connectivity index (χ0) is 18.0. The third-order valence-corrected chi connectivity index (χ3v) is 4.84. The summed E-state index contributed by atoms with van der Waals surface area (Å²) < 4.78 is 5.24. The molecular formula is C20H21ClNO3+. The number of rotatable bonds is 5. The molecule has 0 saturated carbocycles. The van der Waals surface area contributed by atoms with Crippen molar-refractivity contribution in [1.82, 2.24) is 0 Å². The van der Waals surface area contributed by atoms with Crippen LogP contribution in [-0.2, 0) is 13.0 Å². The van der Waals surface area contributed by atoms with Gasteiger partial charge in [0, 0.05) is 33.7 Å². The molecule has 0 radical (unpaired) electrons. The number of benzene rings is 2. The number of phenolic OH excluding ortho intramolecular Hbond substituents is 1. The minimum absolute atomic E-state index is 0.152. The highest BCUT2D eigenvalue weighted by atomic mass is 35.5. The normalized spacial score (nSPS) is 12.4. The van der Waals surface area contributed by atoms with Crippen LogP contribution in [0.5, 0.6) is 5.75 Å². The van der Waals surface area contributed by atoms with Crippen molar-refractivity contribution in [3.63, 3.8) is 0 Å². The molecule has 0 saturated heterocycles. The maximum Gasteiger partial charge on any atom is 0.336 e. The number of hydrogen-bond donors (Lipinski definition) is 2. The van der Waals surface area contributed by atoms with Crippen LogP contribution in [0.4, 0.5) is 0 Å². The van der Waals surface area contributed by atoms with Gasteiger partial charge in [0.2, 0.25) is 0 Å². The van der Waals surface area contributed by atoms with Crippen LogP contribution in [0.15, 0.2) is 51.7 Å². The molecule has 0 spiro atoms. The summed E-state index contributed by atoms with van der Waals surface area (Å²) >= 11 is 6.27. The van der Waals surface area contributed by atoms with E-state index in [9.17, 15) is 9.90 Å². The second-order valence-corrected chi connectivity index (χ2v) is 6.58. The van der Waals surface area contributed by atoms with Gasteiger partial charge in [-0.2, -0.15) is 0 Å². The molecule has 25 heavy (non-hydrogen) atoms. The lowest BCUT2D eigenvalue weighted by molar-refractivity contribution is -0.707. The Bertz CT molecular complexity index is 965. The van der Waals surface area contributed by atoms with Gasteiger partial charge in [-0.3, -0.25) is 0 Å². The first kappa shape index (κ1) is 17.5. The van der Waals surface area contributed by atoms with E-state index < -0.39 is 5.63 Å². The largest absolute Gasteiger partial charge is 0.508 e. The predicted octanol–water partition coefficient (Wildman–Crippen LogP) is 3.54. The molecule has 0 amide bonds. The molecule has 1 heterocycles. The van der Waals surface area contributed by atoms with Crippen LogP contribution in [-0.4, -0.2) is 5.11 Å². The number of nitrogens with two attached hydrogens (primary N) is 1. The molecule has 3 aromatic rings. The molecule has 130 valence electrons. The minimum atomic E-state index is -0.412. The Morgan fingerprint density at radius 3 is 2.68 bits per heavy atom. The molecule has 0 unspecified atom stereocenters. The lowest BCUT2D eigenvalue weighted by Crippen LogP contribution is -2.83. The van der Waals surface area contributed by atoms with Crippen molar-refractivity contribution in [3.05, 3.63) is 74.6 Å². The summed E-state index contributed by atoms with van der Waals surface area (Å²) in [7, 11) is 0. The Kier molecular flexibility index (Phi) is 5.11. The predicted molar refractivity (Wildman–Crippen MR) is 99.0 cm³/mol. The van der Waals surface area contributed by atoms with Gasteiger partial charge in [-0.05, 0) is 31.0 Å². The van der Waals surface area contributed by atoms with E-state index in [1.54, 1.807) is 0 Å². The molecule has 2 aromatic carbocycles. The molecule has 0 aliphatic heterocycles. The summed E-state index contributed by atoms with van der Waals surface area (Å²) in [5.41, 5.74) is 2.78. The van der Waals surface area contributed by atoms with Crippen LogP contribution in [0.1, 0.15) is 36.6 Å². The van der Waals surface area contributed by atoms with Crippen molar-refractivity contribution >= 4 is 22.6 Å². The molecule has 0 bridgehead atoms. The summed E-state index contributed by atoms with van der Waals surface area (Å²) in [6, 6.07) is 12.9.